The number of aromatic nitrogens is 1. The first-order valence-electron chi connectivity index (χ1n) is 3.19. The van der Waals surface area contributed by atoms with Crippen molar-refractivity contribution in [3.63, 3.8) is 0 Å². The van der Waals surface area contributed by atoms with Gasteiger partial charge < -0.3 is 5.11 Å². The first-order valence-corrected chi connectivity index (χ1v) is 3.19. The highest BCUT2D eigenvalue weighted by molar-refractivity contribution is 5.85. The molecule has 3 nitrogen and oxygen atoms in total. The first-order chi connectivity index (χ1) is 6.00. The predicted octanol–water partition coefficient (Wildman–Crippen LogP) is 1.86. The van der Waals surface area contributed by atoms with Crippen LogP contribution in [0.25, 0.3) is 0 Å². The van der Waals surface area contributed by atoms with Crippen molar-refractivity contribution in [2.24, 2.45) is 0 Å². The summed E-state index contributed by atoms with van der Waals surface area (Å²) in [7, 11) is 0. The number of aromatic carboxylic acids is 1. The second-order valence-electron chi connectivity index (χ2n) is 2.20. The third-order valence-corrected chi connectivity index (χ3v) is 1.25. The van der Waals surface area contributed by atoms with Crippen LogP contribution in [0.1, 0.15) is 22.6 Å². The molecule has 0 aliphatic rings. The van der Waals surface area contributed by atoms with Crippen molar-refractivity contribution >= 4 is 5.97 Å². The summed E-state index contributed by atoms with van der Waals surface area (Å²) >= 11 is 0. The molecule has 0 unspecified atom stereocenters. The number of hydrogen-bond donors (Lipinski definition) is 1. The molecule has 1 rings (SSSR count). The molecule has 1 aromatic heterocycles. The lowest BCUT2D eigenvalue weighted by molar-refractivity contribution is 0.0688. The first kappa shape index (κ1) is 9.50. The number of hydrogen-bond acceptors (Lipinski definition) is 2. The number of halogens is 3. The molecular weight excluding hydrogens is 187 g/mol. The fraction of sp³-hybridized carbons (Fsp3) is 0.143. The van der Waals surface area contributed by atoms with Crippen molar-refractivity contribution in [2.45, 2.75) is 6.43 Å². The Morgan fingerprint density at radius 2 is 2.08 bits per heavy atom. The Bertz CT molecular complexity index is 341. The molecule has 1 aromatic rings. The van der Waals surface area contributed by atoms with Gasteiger partial charge in [-0.25, -0.2) is 22.9 Å². The van der Waals surface area contributed by atoms with E-state index in [0.717, 1.165) is 0 Å². The van der Waals surface area contributed by atoms with Gasteiger partial charge in [-0.3, -0.25) is 0 Å². The molecule has 6 heteroatoms. The van der Waals surface area contributed by atoms with Gasteiger partial charge in [-0.15, -0.1) is 0 Å². The third-order valence-electron chi connectivity index (χ3n) is 1.25. The van der Waals surface area contributed by atoms with Crippen molar-refractivity contribution in [1.29, 1.82) is 0 Å². The van der Waals surface area contributed by atoms with Gasteiger partial charge in [0, 0.05) is 12.1 Å². The zero-order chi connectivity index (χ0) is 10.0. The molecular formula is C7H4F3NO2. The molecule has 1 heterocycles. The topological polar surface area (TPSA) is 50.2 Å². The maximum Gasteiger partial charge on any atom is 0.354 e. The summed E-state index contributed by atoms with van der Waals surface area (Å²) in [6.07, 6.45) is -2.98. The Kier molecular flexibility index (Phi) is 2.50. The zero-order valence-electron chi connectivity index (χ0n) is 6.17. The fourth-order valence-electron chi connectivity index (χ4n) is 0.739. The molecule has 0 aliphatic heterocycles. The van der Waals surface area contributed by atoms with Gasteiger partial charge in [-0.1, -0.05) is 0 Å². The quantitative estimate of drug-likeness (QED) is 0.776. The van der Waals surface area contributed by atoms with E-state index in [9.17, 15) is 18.0 Å². The van der Waals surface area contributed by atoms with Gasteiger partial charge in [0.25, 0.3) is 6.43 Å². The molecule has 0 spiro atoms. The summed E-state index contributed by atoms with van der Waals surface area (Å²) in [5.41, 5.74) is -1.60. The van der Waals surface area contributed by atoms with Crippen LogP contribution in [-0.4, -0.2) is 16.1 Å². The summed E-state index contributed by atoms with van der Waals surface area (Å²) < 4.78 is 36.4. The summed E-state index contributed by atoms with van der Waals surface area (Å²) in [5, 5.41) is 8.34. The van der Waals surface area contributed by atoms with Gasteiger partial charge >= 0.3 is 5.97 Å². The Labute approximate surface area is 70.8 Å². The highest BCUT2D eigenvalue weighted by Gasteiger charge is 2.14. The van der Waals surface area contributed by atoms with E-state index in [2.05, 4.69) is 4.98 Å². The highest BCUT2D eigenvalue weighted by Crippen LogP contribution is 2.17. The third kappa shape index (κ3) is 2.17. The smallest absolute Gasteiger partial charge is 0.354 e. The molecule has 0 bridgehead atoms. The SMILES string of the molecule is O=C(O)c1cc(F)cc(C(F)F)n1. The van der Waals surface area contributed by atoms with Gasteiger partial charge in [-0.05, 0) is 0 Å². The van der Waals surface area contributed by atoms with Crippen LogP contribution in [0.15, 0.2) is 12.1 Å². The van der Waals surface area contributed by atoms with E-state index in [-0.39, 0.29) is 0 Å². The van der Waals surface area contributed by atoms with Crippen molar-refractivity contribution in [3.8, 4) is 0 Å². The minimum Gasteiger partial charge on any atom is -0.477 e. The van der Waals surface area contributed by atoms with Crippen LogP contribution in [-0.2, 0) is 0 Å². The van der Waals surface area contributed by atoms with E-state index in [1.165, 1.54) is 0 Å². The number of carboxylic acids is 1. The molecule has 0 aromatic carbocycles. The molecule has 0 saturated heterocycles. The summed E-state index contributed by atoms with van der Waals surface area (Å²) in [4.78, 5) is 13.3. The molecule has 0 amide bonds. The van der Waals surface area contributed by atoms with Crippen LogP contribution in [0.5, 0.6) is 0 Å². The number of carboxylic acid groups (broad SMARTS) is 1. The van der Waals surface area contributed by atoms with Crippen LogP contribution in [0.4, 0.5) is 13.2 Å². The lowest BCUT2D eigenvalue weighted by atomic mass is 10.3. The highest BCUT2D eigenvalue weighted by atomic mass is 19.3. The normalized spacial score (nSPS) is 10.5. The van der Waals surface area contributed by atoms with E-state index < -0.39 is 29.6 Å². The van der Waals surface area contributed by atoms with Gasteiger partial charge in [0.1, 0.15) is 11.5 Å². The standard InChI is InChI=1S/C7H4F3NO2/c8-3-1-4(6(9)10)11-5(2-3)7(12)13/h1-2,6H,(H,12,13). The molecule has 0 radical (unpaired) electrons. The Hall–Kier alpha value is -1.59. The second-order valence-corrected chi connectivity index (χ2v) is 2.20. The Morgan fingerprint density at radius 3 is 2.54 bits per heavy atom. The van der Waals surface area contributed by atoms with E-state index in [4.69, 9.17) is 5.11 Å². The van der Waals surface area contributed by atoms with Crippen LogP contribution in [0.2, 0.25) is 0 Å². The van der Waals surface area contributed by atoms with Crippen molar-refractivity contribution in [2.75, 3.05) is 0 Å². The van der Waals surface area contributed by atoms with Crippen LogP contribution in [0.3, 0.4) is 0 Å². The van der Waals surface area contributed by atoms with Gasteiger partial charge in [0.15, 0.2) is 5.69 Å². The van der Waals surface area contributed by atoms with E-state index >= 15 is 0 Å². The zero-order valence-corrected chi connectivity index (χ0v) is 6.17. The van der Waals surface area contributed by atoms with Crippen molar-refractivity contribution < 1.29 is 23.1 Å². The van der Waals surface area contributed by atoms with E-state index in [0.29, 0.717) is 12.1 Å². The molecule has 0 aliphatic carbocycles. The average molecular weight is 191 g/mol. The Balaban J connectivity index is 3.19. The second kappa shape index (κ2) is 3.42. The van der Waals surface area contributed by atoms with Crippen molar-refractivity contribution in [3.05, 3.63) is 29.3 Å². The van der Waals surface area contributed by atoms with Gasteiger partial charge in [-0.2, -0.15) is 0 Å². The average Bonchev–Trinajstić information content (AvgIpc) is 2.03. The lowest BCUT2D eigenvalue weighted by Crippen LogP contribution is -2.04. The van der Waals surface area contributed by atoms with Crippen LogP contribution in [0, 0.1) is 5.82 Å². The molecule has 13 heavy (non-hydrogen) atoms. The van der Waals surface area contributed by atoms with E-state index in [1.807, 2.05) is 0 Å². The molecule has 0 fully saturated rings. The maximum atomic E-state index is 12.5. The monoisotopic (exact) mass is 191 g/mol. The number of alkyl halides is 2. The summed E-state index contributed by atoms with van der Waals surface area (Å²) in [6.45, 7) is 0. The molecule has 0 atom stereocenters. The molecule has 70 valence electrons. The number of pyridine rings is 1. The van der Waals surface area contributed by atoms with Gasteiger partial charge in [0.05, 0.1) is 0 Å². The van der Waals surface area contributed by atoms with Crippen molar-refractivity contribution in [1.82, 2.24) is 4.98 Å². The summed E-state index contributed by atoms with van der Waals surface area (Å²) in [6, 6.07) is 1.07. The molecule has 0 saturated carbocycles. The van der Waals surface area contributed by atoms with Crippen LogP contribution < -0.4 is 0 Å². The number of carbonyl (C=O) groups is 1. The number of nitrogens with zero attached hydrogens (tertiary/aromatic N) is 1. The largest absolute Gasteiger partial charge is 0.477 e. The predicted molar refractivity (Wildman–Crippen MR) is 36.1 cm³/mol. The maximum absolute atomic E-state index is 12.5. The minimum absolute atomic E-state index is 0.497. The fourth-order valence-corrected chi connectivity index (χ4v) is 0.739. The lowest BCUT2D eigenvalue weighted by Gasteiger charge is -2.00. The summed E-state index contributed by atoms with van der Waals surface area (Å²) in [5.74, 6) is -2.58. The van der Waals surface area contributed by atoms with E-state index in [1.54, 1.807) is 0 Å². The van der Waals surface area contributed by atoms with Gasteiger partial charge in [0.2, 0.25) is 0 Å². The van der Waals surface area contributed by atoms with Crippen LogP contribution >= 0.6 is 0 Å². The Morgan fingerprint density at radius 1 is 1.46 bits per heavy atom. The number of rotatable bonds is 2. The minimum atomic E-state index is -2.98. The molecule has 1 N–H and O–H groups in total.